The van der Waals surface area contributed by atoms with Gasteiger partial charge in [0.2, 0.25) is 5.91 Å². The molecule has 0 atom stereocenters. The Labute approximate surface area is 192 Å². The number of amides is 1. The van der Waals surface area contributed by atoms with Crippen LogP contribution in [0.5, 0.6) is 11.5 Å². The first-order chi connectivity index (χ1) is 15.5. The highest BCUT2D eigenvalue weighted by Gasteiger charge is 2.24. The summed E-state index contributed by atoms with van der Waals surface area (Å²) in [6.45, 7) is 0. The van der Waals surface area contributed by atoms with E-state index in [9.17, 15) is 14.0 Å². The van der Waals surface area contributed by atoms with Gasteiger partial charge in [-0.3, -0.25) is 14.2 Å². The van der Waals surface area contributed by atoms with Gasteiger partial charge in [-0.15, -0.1) is 11.8 Å². The molecule has 4 rings (SSSR count). The molecular weight excluding hydrogens is 453 g/mol. The number of benzene rings is 2. The fourth-order valence-electron chi connectivity index (χ4n) is 3.23. The Morgan fingerprint density at radius 1 is 1.22 bits per heavy atom. The van der Waals surface area contributed by atoms with Gasteiger partial charge in [-0.1, -0.05) is 11.8 Å². The lowest BCUT2D eigenvalue weighted by Crippen LogP contribution is -2.25. The smallest absolute Gasteiger partial charge is 0.272 e. The van der Waals surface area contributed by atoms with Crippen LogP contribution in [-0.2, 0) is 11.2 Å². The van der Waals surface area contributed by atoms with Crippen LogP contribution in [0.1, 0.15) is 5.69 Å². The van der Waals surface area contributed by atoms with Crippen molar-refractivity contribution >= 4 is 35.1 Å². The number of aromatic nitrogens is 2. The summed E-state index contributed by atoms with van der Waals surface area (Å²) >= 11 is 2.62. The van der Waals surface area contributed by atoms with E-state index in [0.29, 0.717) is 39.3 Å². The predicted octanol–water partition coefficient (Wildman–Crippen LogP) is 3.77. The number of fused-ring (bicyclic) bond motifs is 1. The van der Waals surface area contributed by atoms with Gasteiger partial charge in [-0.2, -0.15) is 0 Å². The molecule has 7 nitrogen and oxygen atoms in total. The number of thioether (sulfide) groups is 2. The summed E-state index contributed by atoms with van der Waals surface area (Å²) in [7, 11) is 3.06. The number of methoxy groups -OCH3 is 2. The Morgan fingerprint density at radius 2 is 2.00 bits per heavy atom. The SMILES string of the molecule is COc1ccc(OC)c(-n2c(SCC(=O)Nc3ccc(F)cc3)nc3c(c2=O)SCC3)c1. The largest absolute Gasteiger partial charge is 0.497 e. The molecule has 1 N–H and O–H groups in total. The molecule has 32 heavy (non-hydrogen) atoms. The van der Waals surface area contributed by atoms with Crippen LogP contribution in [0.2, 0.25) is 0 Å². The van der Waals surface area contributed by atoms with Crippen molar-refractivity contribution in [3.8, 4) is 17.2 Å². The molecule has 0 aliphatic carbocycles. The van der Waals surface area contributed by atoms with Crippen LogP contribution in [-0.4, -0.2) is 41.2 Å². The molecule has 0 radical (unpaired) electrons. The van der Waals surface area contributed by atoms with Gasteiger partial charge in [0.15, 0.2) is 5.16 Å². The molecule has 10 heteroatoms. The van der Waals surface area contributed by atoms with Crippen LogP contribution < -0.4 is 20.3 Å². The number of aryl methyl sites for hydroxylation is 1. The van der Waals surface area contributed by atoms with Gasteiger partial charge in [0.25, 0.3) is 5.56 Å². The summed E-state index contributed by atoms with van der Waals surface area (Å²) in [5, 5.41) is 3.10. The van der Waals surface area contributed by atoms with Gasteiger partial charge in [0.1, 0.15) is 17.3 Å². The average molecular weight is 474 g/mol. The first kappa shape index (κ1) is 22.2. The van der Waals surface area contributed by atoms with Gasteiger partial charge in [-0.05, 0) is 36.4 Å². The molecule has 1 aliphatic rings. The van der Waals surface area contributed by atoms with E-state index in [1.807, 2.05) is 0 Å². The molecular formula is C22H20FN3O4S2. The van der Waals surface area contributed by atoms with Crippen LogP contribution >= 0.6 is 23.5 Å². The highest BCUT2D eigenvalue weighted by Crippen LogP contribution is 2.33. The van der Waals surface area contributed by atoms with E-state index in [1.54, 1.807) is 25.3 Å². The van der Waals surface area contributed by atoms with Crippen molar-refractivity contribution in [2.75, 3.05) is 31.0 Å². The number of carbonyl (C=O) groups excluding carboxylic acids is 1. The van der Waals surface area contributed by atoms with Crippen LogP contribution in [0.4, 0.5) is 10.1 Å². The molecule has 2 aromatic carbocycles. The average Bonchev–Trinajstić information content (AvgIpc) is 3.28. The van der Waals surface area contributed by atoms with Gasteiger partial charge in [0.05, 0.1) is 36.2 Å². The number of hydrogen-bond donors (Lipinski definition) is 1. The van der Waals surface area contributed by atoms with Crippen molar-refractivity contribution < 1.29 is 18.7 Å². The van der Waals surface area contributed by atoms with Gasteiger partial charge >= 0.3 is 0 Å². The minimum Gasteiger partial charge on any atom is -0.497 e. The summed E-state index contributed by atoms with van der Waals surface area (Å²) in [6.07, 6.45) is 0.695. The Hall–Kier alpha value is -2.98. The number of anilines is 1. The second kappa shape index (κ2) is 9.66. The molecule has 0 unspecified atom stereocenters. The lowest BCUT2D eigenvalue weighted by Gasteiger charge is -2.17. The number of nitrogens with one attached hydrogen (secondary N) is 1. The molecule has 166 valence electrons. The van der Waals surface area contributed by atoms with E-state index in [1.165, 1.54) is 47.7 Å². The van der Waals surface area contributed by atoms with Crippen LogP contribution in [0.3, 0.4) is 0 Å². The summed E-state index contributed by atoms with van der Waals surface area (Å²) in [5.74, 6) is 1.17. The second-order valence-corrected chi connectivity index (χ2v) is 8.84. The van der Waals surface area contributed by atoms with E-state index in [0.717, 1.165) is 23.2 Å². The summed E-state index contributed by atoms with van der Waals surface area (Å²) in [4.78, 5) is 31.1. The standard InChI is InChI=1S/C22H20FN3O4S2/c1-29-15-7-8-18(30-2)17(11-15)26-21(28)20-16(9-10-31-20)25-22(26)32-12-19(27)24-14-5-3-13(23)4-6-14/h3-8,11H,9-10,12H2,1-2H3,(H,24,27). The summed E-state index contributed by atoms with van der Waals surface area (Å²) in [5.41, 5.74) is 1.51. The number of carbonyl (C=O) groups is 1. The zero-order valence-corrected chi connectivity index (χ0v) is 19.0. The zero-order valence-electron chi connectivity index (χ0n) is 17.4. The first-order valence-corrected chi connectivity index (χ1v) is 11.7. The van der Waals surface area contributed by atoms with Crippen LogP contribution in [0, 0.1) is 5.82 Å². The lowest BCUT2D eigenvalue weighted by atomic mass is 10.2. The number of hydrogen-bond acceptors (Lipinski definition) is 7. The topological polar surface area (TPSA) is 82.4 Å². The number of nitrogens with zero attached hydrogens (tertiary/aromatic N) is 2. The second-order valence-electron chi connectivity index (χ2n) is 6.79. The maximum Gasteiger partial charge on any atom is 0.272 e. The van der Waals surface area contributed by atoms with Gasteiger partial charge < -0.3 is 14.8 Å². The van der Waals surface area contributed by atoms with Gasteiger partial charge in [0, 0.05) is 23.9 Å². The zero-order chi connectivity index (χ0) is 22.7. The van der Waals surface area contributed by atoms with Crippen LogP contribution in [0.25, 0.3) is 5.69 Å². The van der Waals surface area contributed by atoms with Crippen molar-refractivity contribution in [2.24, 2.45) is 0 Å². The molecule has 0 bridgehead atoms. The molecule has 2 heterocycles. The highest BCUT2D eigenvalue weighted by molar-refractivity contribution is 8.00. The Bertz CT molecular complexity index is 1220. The third kappa shape index (κ3) is 4.61. The molecule has 1 aliphatic heterocycles. The van der Waals surface area contributed by atoms with E-state index >= 15 is 0 Å². The molecule has 1 amide bonds. The minimum absolute atomic E-state index is 0.0159. The fourth-order valence-corrected chi connectivity index (χ4v) is 5.08. The highest BCUT2D eigenvalue weighted by atomic mass is 32.2. The third-order valence-corrected chi connectivity index (χ3v) is 6.80. The number of halogens is 1. The Balaban J connectivity index is 1.68. The predicted molar refractivity (Wildman–Crippen MR) is 123 cm³/mol. The van der Waals surface area contributed by atoms with Crippen LogP contribution in [0.15, 0.2) is 57.3 Å². The maximum absolute atomic E-state index is 13.4. The van der Waals surface area contributed by atoms with E-state index < -0.39 is 0 Å². The molecule has 0 fully saturated rings. The van der Waals surface area contributed by atoms with Crippen molar-refractivity contribution in [2.45, 2.75) is 16.5 Å². The minimum atomic E-state index is -0.381. The van der Waals surface area contributed by atoms with Crippen molar-refractivity contribution in [3.63, 3.8) is 0 Å². The third-order valence-electron chi connectivity index (χ3n) is 4.75. The fraction of sp³-hybridized carbons (Fsp3) is 0.227. The lowest BCUT2D eigenvalue weighted by molar-refractivity contribution is -0.113. The molecule has 0 spiro atoms. The molecule has 0 saturated carbocycles. The summed E-state index contributed by atoms with van der Waals surface area (Å²) in [6, 6.07) is 10.7. The molecule has 0 saturated heterocycles. The molecule has 3 aromatic rings. The van der Waals surface area contributed by atoms with Crippen molar-refractivity contribution in [1.82, 2.24) is 9.55 Å². The van der Waals surface area contributed by atoms with E-state index in [-0.39, 0.29) is 23.0 Å². The number of rotatable bonds is 7. The first-order valence-electron chi connectivity index (χ1n) is 9.69. The Morgan fingerprint density at radius 3 is 2.72 bits per heavy atom. The van der Waals surface area contributed by atoms with E-state index in [4.69, 9.17) is 14.5 Å². The quantitative estimate of drug-likeness (QED) is 0.413. The Kier molecular flexibility index (Phi) is 6.71. The maximum atomic E-state index is 13.4. The summed E-state index contributed by atoms with van der Waals surface area (Å²) < 4.78 is 25.4. The van der Waals surface area contributed by atoms with Crippen molar-refractivity contribution in [3.05, 3.63) is 64.3 Å². The monoisotopic (exact) mass is 473 g/mol. The normalized spacial score (nSPS) is 12.3. The van der Waals surface area contributed by atoms with E-state index in [2.05, 4.69) is 5.32 Å². The molecule has 1 aromatic heterocycles. The number of ether oxygens (including phenoxy) is 2. The van der Waals surface area contributed by atoms with Crippen molar-refractivity contribution in [1.29, 1.82) is 0 Å². The van der Waals surface area contributed by atoms with Gasteiger partial charge in [-0.25, -0.2) is 9.37 Å².